The van der Waals surface area contributed by atoms with Crippen molar-refractivity contribution in [3.8, 4) is 0 Å². The molecule has 0 fully saturated rings. The lowest BCUT2D eigenvalue weighted by Crippen LogP contribution is -2.26. The summed E-state index contributed by atoms with van der Waals surface area (Å²) in [5.41, 5.74) is 6.02. The van der Waals surface area contributed by atoms with Crippen LogP contribution in [0, 0.1) is 11.7 Å². The van der Waals surface area contributed by atoms with Crippen molar-refractivity contribution < 1.29 is 12.8 Å². The molecule has 19 heavy (non-hydrogen) atoms. The molecule has 1 aromatic carbocycles. The van der Waals surface area contributed by atoms with Gasteiger partial charge in [-0.3, -0.25) is 0 Å². The molecular weight excluding hydrogens is 267 g/mol. The van der Waals surface area contributed by atoms with Gasteiger partial charge < -0.3 is 5.73 Å². The van der Waals surface area contributed by atoms with Crippen LogP contribution in [-0.2, 0) is 16.6 Å². The van der Waals surface area contributed by atoms with E-state index >= 15 is 0 Å². The number of hydrogen-bond acceptors (Lipinski definition) is 3. The largest absolute Gasteiger partial charge is 0.326 e. The summed E-state index contributed by atoms with van der Waals surface area (Å²) in [5.74, 6) is -0.240. The second-order valence-corrected chi connectivity index (χ2v) is 6.64. The predicted molar refractivity (Wildman–Crippen MR) is 73.6 cm³/mol. The predicted octanol–water partition coefficient (Wildman–Crippen LogP) is 2.00. The lowest BCUT2D eigenvalue weighted by atomic mass is 10.1. The van der Waals surface area contributed by atoms with Gasteiger partial charge in [0.1, 0.15) is 10.7 Å². The number of rotatable bonds is 7. The molecule has 1 rings (SSSR count). The molecule has 0 saturated carbocycles. The molecule has 108 valence electrons. The van der Waals surface area contributed by atoms with E-state index in [0.717, 1.165) is 18.9 Å². The second-order valence-electron chi connectivity index (χ2n) is 4.90. The van der Waals surface area contributed by atoms with Crippen molar-refractivity contribution >= 4 is 10.0 Å². The highest BCUT2D eigenvalue weighted by Gasteiger charge is 2.18. The summed E-state index contributed by atoms with van der Waals surface area (Å²) in [6, 6.07) is 3.89. The summed E-state index contributed by atoms with van der Waals surface area (Å²) in [7, 11) is -3.80. The molecule has 1 aromatic rings. The zero-order valence-corrected chi connectivity index (χ0v) is 12.1. The Morgan fingerprint density at radius 2 is 2.05 bits per heavy atom. The summed E-state index contributed by atoms with van der Waals surface area (Å²) in [5, 5.41) is 0. The molecule has 0 radical (unpaired) electrons. The van der Waals surface area contributed by atoms with Crippen LogP contribution >= 0.6 is 0 Å². The maximum atomic E-state index is 13.6. The minimum Gasteiger partial charge on any atom is -0.326 e. The van der Waals surface area contributed by atoms with Crippen molar-refractivity contribution in [1.82, 2.24) is 4.72 Å². The van der Waals surface area contributed by atoms with Crippen LogP contribution in [0.1, 0.15) is 32.3 Å². The first-order chi connectivity index (χ1) is 8.86. The molecule has 6 heteroatoms. The molecular formula is C13H21FN2O2S. The van der Waals surface area contributed by atoms with Crippen molar-refractivity contribution in [3.63, 3.8) is 0 Å². The molecule has 4 nitrogen and oxygen atoms in total. The Kier molecular flexibility index (Phi) is 5.90. The van der Waals surface area contributed by atoms with Crippen LogP contribution in [0.15, 0.2) is 23.1 Å². The molecule has 0 heterocycles. The van der Waals surface area contributed by atoms with E-state index in [1.807, 2.05) is 0 Å². The second kappa shape index (κ2) is 6.98. The zero-order chi connectivity index (χ0) is 14.5. The van der Waals surface area contributed by atoms with Crippen LogP contribution in [-0.4, -0.2) is 15.0 Å². The van der Waals surface area contributed by atoms with Gasteiger partial charge in [-0.2, -0.15) is 0 Å². The van der Waals surface area contributed by atoms with E-state index in [1.54, 1.807) is 0 Å². The Morgan fingerprint density at radius 3 is 2.63 bits per heavy atom. The van der Waals surface area contributed by atoms with Crippen LogP contribution in [0.25, 0.3) is 0 Å². The van der Waals surface area contributed by atoms with Gasteiger partial charge in [0.05, 0.1) is 0 Å². The Hall–Kier alpha value is -0.980. The van der Waals surface area contributed by atoms with Gasteiger partial charge >= 0.3 is 0 Å². The van der Waals surface area contributed by atoms with Gasteiger partial charge in [0.2, 0.25) is 10.0 Å². The van der Waals surface area contributed by atoms with Crippen molar-refractivity contribution in [2.75, 3.05) is 6.54 Å². The number of nitrogens with two attached hydrogens (primary N) is 1. The molecule has 0 aromatic heterocycles. The summed E-state index contributed by atoms with van der Waals surface area (Å²) >= 11 is 0. The minimum atomic E-state index is -3.80. The van der Waals surface area contributed by atoms with Crippen molar-refractivity contribution in [2.45, 2.75) is 38.1 Å². The third-order valence-electron chi connectivity index (χ3n) is 2.77. The Labute approximate surface area is 114 Å². The third kappa shape index (κ3) is 4.89. The topological polar surface area (TPSA) is 72.2 Å². The quantitative estimate of drug-likeness (QED) is 0.754. The SMILES string of the molecule is CC(C)CCCNS(=O)(=O)c1cc(CN)ccc1F. The molecule has 0 bridgehead atoms. The van der Waals surface area contributed by atoms with Gasteiger partial charge in [0.15, 0.2) is 0 Å². The Balaban J connectivity index is 2.77. The summed E-state index contributed by atoms with van der Waals surface area (Å²) in [4.78, 5) is -0.333. The van der Waals surface area contributed by atoms with Crippen molar-refractivity contribution in [2.24, 2.45) is 11.7 Å². The molecule has 0 aliphatic rings. The first-order valence-corrected chi connectivity index (χ1v) is 7.83. The molecule has 0 unspecified atom stereocenters. The van der Waals surface area contributed by atoms with E-state index < -0.39 is 15.8 Å². The summed E-state index contributed by atoms with van der Waals surface area (Å²) in [6.07, 6.45) is 1.66. The minimum absolute atomic E-state index is 0.177. The first-order valence-electron chi connectivity index (χ1n) is 6.35. The van der Waals surface area contributed by atoms with Crippen LogP contribution in [0.3, 0.4) is 0 Å². The maximum absolute atomic E-state index is 13.6. The molecule has 0 aliphatic carbocycles. The van der Waals surface area contributed by atoms with E-state index in [1.165, 1.54) is 12.1 Å². The highest BCUT2D eigenvalue weighted by molar-refractivity contribution is 7.89. The fourth-order valence-corrected chi connectivity index (χ4v) is 2.88. The monoisotopic (exact) mass is 288 g/mol. The standard InChI is InChI=1S/C13H21FN2O2S/c1-10(2)4-3-7-16-19(17,18)13-8-11(9-15)5-6-12(13)14/h5-6,8,10,16H,3-4,7,9,15H2,1-2H3. The summed E-state index contributed by atoms with van der Waals surface area (Å²) in [6.45, 7) is 4.63. The maximum Gasteiger partial charge on any atom is 0.243 e. The molecule has 0 amide bonds. The average Bonchev–Trinajstić information content (AvgIpc) is 2.35. The van der Waals surface area contributed by atoms with E-state index in [-0.39, 0.29) is 11.4 Å². The number of hydrogen-bond donors (Lipinski definition) is 2. The Bertz CT molecular complexity index is 515. The summed E-state index contributed by atoms with van der Waals surface area (Å²) < 4.78 is 39.9. The van der Waals surface area contributed by atoms with E-state index in [0.29, 0.717) is 18.0 Å². The highest BCUT2D eigenvalue weighted by atomic mass is 32.2. The smallest absolute Gasteiger partial charge is 0.243 e. The molecule has 0 atom stereocenters. The fourth-order valence-electron chi connectivity index (χ4n) is 1.68. The highest BCUT2D eigenvalue weighted by Crippen LogP contribution is 2.16. The van der Waals surface area contributed by atoms with Gasteiger partial charge in [-0.05, 0) is 36.5 Å². The Morgan fingerprint density at radius 1 is 1.37 bits per heavy atom. The van der Waals surface area contributed by atoms with Crippen LogP contribution in [0.4, 0.5) is 4.39 Å². The number of benzene rings is 1. The van der Waals surface area contributed by atoms with Crippen LogP contribution in [0.5, 0.6) is 0 Å². The molecule has 0 spiro atoms. The van der Waals surface area contributed by atoms with Crippen LogP contribution in [0.2, 0.25) is 0 Å². The van der Waals surface area contributed by atoms with Gasteiger partial charge in [-0.25, -0.2) is 17.5 Å². The van der Waals surface area contributed by atoms with Gasteiger partial charge in [0, 0.05) is 13.1 Å². The first kappa shape index (κ1) is 16.1. The number of nitrogens with one attached hydrogen (secondary N) is 1. The number of sulfonamides is 1. The van der Waals surface area contributed by atoms with E-state index in [4.69, 9.17) is 5.73 Å². The molecule has 3 N–H and O–H groups in total. The van der Waals surface area contributed by atoms with Gasteiger partial charge in [-0.1, -0.05) is 19.9 Å². The fraction of sp³-hybridized carbons (Fsp3) is 0.538. The lowest BCUT2D eigenvalue weighted by molar-refractivity contribution is 0.533. The van der Waals surface area contributed by atoms with E-state index in [9.17, 15) is 12.8 Å². The number of halogens is 1. The van der Waals surface area contributed by atoms with Gasteiger partial charge in [0.25, 0.3) is 0 Å². The normalized spacial score (nSPS) is 12.1. The molecule has 0 saturated heterocycles. The van der Waals surface area contributed by atoms with E-state index in [2.05, 4.69) is 18.6 Å². The van der Waals surface area contributed by atoms with Crippen LogP contribution < -0.4 is 10.5 Å². The zero-order valence-electron chi connectivity index (χ0n) is 11.3. The van der Waals surface area contributed by atoms with Crippen molar-refractivity contribution in [3.05, 3.63) is 29.6 Å². The third-order valence-corrected chi connectivity index (χ3v) is 4.25. The average molecular weight is 288 g/mol. The molecule has 0 aliphatic heterocycles. The van der Waals surface area contributed by atoms with Crippen molar-refractivity contribution in [1.29, 1.82) is 0 Å². The lowest BCUT2D eigenvalue weighted by Gasteiger charge is -2.09. The van der Waals surface area contributed by atoms with Gasteiger partial charge in [-0.15, -0.1) is 0 Å².